The molecule has 0 aliphatic rings. The molecule has 0 aromatic carbocycles. The molecule has 0 bridgehead atoms. The average Bonchev–Trinajstić information content (AvgIpc) is 3.18. The van der Waals surface area contributed by atoms with Crippen LogP contribution in [0.1, 0.15) is 45.9 Å². The fourth-order valence-corrected chi connectivity index (χ4v) is 4.89. The molecule has 2 rings (SSSR count). The van der Waals surface area contributed by atoms with Crippen LogP contribution in [0.3, 0.4) is 0 Å². The number of thioether (sulfide) groups is 1. The Bertz CT molecular complexity index is 865. The molecular formula is C16H20N4O5S3. The topological polar surface area (TPSA) is 133 Å². The first kappa shape index (κ1) is 22.1. The number of ether oxygens (including phenoxy) is 2. The van der Waals surface area contributed by atoms with E-state index in [1.807, 2.05) is 0 Å². The number of hydrogen-bond acceptors (Lipinski definition) is 11. The second kappa shape index (κ2) is 10.4. The van der Waals surface area contributed by atoms with Crippen LogP contribution in [0.25, 0.3) is 0 Å². The van der Waals surface area contributed by atoms with Gasteiger partial charge in [0.1, 0.15) is 9.88 Å². The van der Waals surface area contributed by atoms with Crippen molar-refractivity contribution in [3.63, 3.8) is 0 Å². The van der Waals surface area contributed by atoms with Crippen LogP contribution in [-0.2, 0) is 14.3 Å². The third-order valence-electron chi connectivity index (χ3n) is 3.32. The second-order valence-corrected chi connectivity index (χ2v) is 8.63. The SMILES string of the molecule is CCOC(=O)c1sc(NC(=O)CCSc2nnc(N)s2)c(C(=O)OCC)c1C. The largest absolute Gasteiger partial charge is 0.462 e. The van der Waals surface area contributed by atoms with Gasteiger partial charge in [-0.25, -0.2) is 9.59 Å². The summed E-state index contributed by atoms with van der Waals surface area (Å²) in [6, 6.07) is 0. The highest BCUT2D eigenvalue weighted by molar-refractivity contribution is 8.01. The predicted molar refractivity (Wildman–Crippen MR) is 109 cm³/mol. The van der Waals surface area contributed by atoms with Gasteiger partial charge in [0.05, 0.1) is 18.8 Å². The zero-order valence-electron chi connectivity index (χ0n) is 15.6. The second-order valence-electron chi connectivity index (χ2n) is 5.25. The van der Waals surface area contributed by atoms with Crippen LogP contribution < -0.4 is 11.1 Å². The monoisotopic (exact) mass is 444 g/mol. The molecular weight excluding hydrogens is 424 g/mol. The van der Waals surface area contributed by atoms with E-state index in [9.17, 15) is 14.4 Å². The van der Waals surface area contributed by atoms with Crippen molar-refractivity contribution in [3.05, 3.63) is 16.0 Å². The van der Waals surface area contributed by atoms with Crippen molar-refractivity contribution in [3.8, 4) is 0 Å². The first-order valence-electron chi connectivity index (χ1n) is 8.36. The van der Waals surface area contributed by atoms with Gasteiger partial charge in [0.2, 0.25) is 11.0 Å². The number of nitrogens with one attached hydrogen (secondary N) is 1. The molecule has 1 amide bonds. The van der Waals surface area contributed by atoms with E-state index in [0.717, 1.165) is 11.3 Å². The van der Waals surface area contributed by atoms with Crippen molar-refractivity contribution in [1.29, 1.82) is 0 Å². The number of thiophene rings is 1. The van der Waals surface area contributed by atoms with Gasteiger partial charge in [-0.3, -0.25) is 4.79 Å². The number of amides is 1. The maximum absolute atomic E-state index is 12.3. The first-order valence-corrected chi connectivity index (χ1v) is 11.0. The number of carbonyl (C=O) groups excluding carboxylic acids is 3. The minimum Gasteiger partial charge on any atom is -0.462 e. The van der Waals surface area contributed by atoms with Crippen LogP contribution in [0.2, 0.25) is 0 Å². The van der Waals surface area contributed by atoms with Crippen LogP contribution in [-0.4, -0.2) is 47.0 Å². The third-order valence-corrected chi connectivity index (χ3v) is 6.39. The van der Waals surface area contributed by atoms with E-state index in [4.69, 9.17) is 15.2 Å². The van der Waals surface area contributed by atoms with Gasteiger partial charge in [-0.2, -0.15) is 0 Å². The Balaban J connectivity index is 2.10. The fraction of sp³-hybridized carbons (Fsp3) is 0.438. The van der Waals surface area contributed by atoms with Crippen LogP contribution in [0, 0.1) is 6.92 Å². The third kappa shape index (κ3) is 5.66. The lowest BCUT2D eigenvalue weighted by atomic mass is 10.1. The Labute approximate surface area is 174 Å². The lowest BCUT2D eigenvalue weighted by Crippen LogP contribution is -2.15. The summed E-state index contributed by atoms with van der Waals surface area (Å²) >= 11 is 3.60. The molecule has 2 aromatic rings. The number of carbonyl (C=O) groups is 3. The number of esters is 2. The molecule has 0 saturated heterocycles. The highest BCUT2D eigenvalue weighted by atomic mass is 32.2. The number of anilines is 2. The van der Waals surface area contributed by atoms with Crippen molar-refractivity contribution in [2.24, 2.45) is 0 Å². The molecule has 0 radical (unpaired) electrons. The Hall–Kier alpha value is -2.18. The van der Waals surface area contributed by atoms with E-state index in [0.29, 0.717) is 20.8 Å². The van der Waals surface area contributed by atoms with Crippen molar-refractivity contribution in [1.82, 2.24) is 10.2 Å². The van der Waals surface area contributed by atoms with E-state index in [2.05, 4.69) is 15.5 Å². The lowest BCUT2D eigenvalue weighted by Gasteiger charge is -2.06. The lowest BCUT2D eigenvalue weighted by molar-refractivity contribution is -0.115. The zero-order chi connectivity index (χ0) is 20.7. The minimum absolute atomic E-state index is 0.174. The highest BCUT2D eigenvalue weighted by Crippen LogP contribution is 2.34. The number of nitrogen functional groups attached to an aromatic ring is 1. The molecule has 0 atom stereocenters. The first-order chi connectivity index (χ1) is 13.4. The average molecular weight is 445 g/mol. The maximum Gasteiger partial charge on any atom is 0.348 e. The van der Waals surface area contributed by atoms with E-state index in [-0.39, 0.29) is 41.0 Å². The number of aromatic nitrogens is 2. The minimum atomic E-state index is -0.596. The maximum atomic E-state index is 12.3. The van der Waals surface area contributed by atoms with Gasteiger partial charge in [0.25, 0.3) is 0 Å². The quantitative estimate of drug-likeness (QED) is 0.442. The Morgan fingerprint density at radius 3 is 2.39 bits per heavy atom. The van der Waals surface area contributed by atoms with Crippen molar-refractivity contribution in [2.75, 3.05) is 30.0 Å². The summed E-state index contributed by atoms with van der Waals surface area (Å²) in [4.78, 5) is 37.0. The van der Waals surface area contributed by atoms with E-state index in [1.165, 1.54) is 23.1 Å². The Morgan fingerprint density at radius 1 is 1.11 bits per heavy atom. The van der Waals surface area contributed by atoms with Crippen molar-refractivity contribution in [2.45, 2.75) is 31.5 Å². The molecule has 2 heterocycles. The van der Waals surface area contributed by atoms with Gasteiger partial charge in [-0.1, -0.05) is 23.1 Å². The van der Waals surface area contributed by atoms with Gasteiger partial charge < -0.3 is 20.5 Å². The van der Waals surface area contributed by atoms with Crippen LogP contribution in [0.4, 0.5) is 10.1 Å². The smallest absolute Gasteiger partial charge is 0.348 e. The molecule has 0 saturated carbocycles. The van der Waals surface area contributed by atoms with Gasteiger partial charge >= 0.3 is 11.9 Å². The summed E-state index contributed by atoms with van der Waals surface area (Å²) in [7, 11) is 0. The Kier molecular flexibility index (Phi) is 8.20. The van der Waals surface area contributed by atoms with Gasteiger partial charge in [0, 0.05) is 12.2 Å². The predicted octanol–water partition coefficient (Wildman–Crippen LogP) is 2.96. The number of nitrogens with two attached hydrogens (primary N) is 1. The summed E-state index contributed by atoms with van der Waals surface area (Å²) in [5.74, 6) is -0.974. The molecule has 28 heavy (non-hydrogen) atoms. The van der Waals surface area contributed by atoms with Gasteiger partial charge in [-0.15, -0.1) is 21.5 Å². The molecule has 0 aliphatic carbocycles. The van der Waals surface area contributed by atoms with Crippen LogP contribution >= 0.6 is 34.4 Å². The summed E-state index contributed by atoms with van der Waals surface area (Å²) in [6.07, 6.45) is 0.179. The molecule has 0 unspecified atom stereocenters. The molecule has 152 valence electrons. The molecule has 2 aromatic heterocycles. The number of nitrogens with zero attached hydrogens (tertiary/aromatic N) is 2. The standard InChI is InChI=1S/C16H20N4O5S3/c1-4-24-13(22)10-8(3)11(14(23)25-5-2)27-12(10)18-9(21)6-7-26-16-20-19-15(17)28-16/h4-7H2,1-3H3,(H2,17,19)(H,18,21). The normalized spacial score (nSPS) is 10.5. The summed E-state index contributed by atoms with van der Waals surface area (Å²) in [6.45, 7) is 5.39. The Morgan fingerprint density at radius 2 is 1.79 bits per heavy atom. The molecule has 3 N–H and O–H groups in total. The van der Waals surface area contributed by atoms with Gasteiger partial charge in [-0.05, 0) is 26.3 Å². The van der Waals surface area contributed by atoms with Crippen molar-refractivity contribution < 1.29 is 23.9 Å². The molecule has 12 heteroatoms. The van der Waals surface area contributed by atoms with Gasteiger partial charge in [0.15, 0.2) is 4.34 Å². The molecule has 0 aliphatic heterocycles. The van der Waals surface area contributed by atoms with Crippen LogP contribution in [0.5, 0.6) is 0 Å². The van der Waals surface area contributed by atoms with E-state index in [1.54, 1.807) is 20.8 Å². The number of rotatable bonds is 9. The summed E-state index contributed by atoms with van der Waals surface area (Å²) in [5.41, 5.74) is 6.12. The van der Waals surface area contributed by atoms with Crippen LogP contribution in [0.15, 0.2) is 4.34 Å². The molecule has 9 nitrogen and oxygen atoms in total. The highest BCUT2D eigenvalue weighted by Gasteiger charge is 2.27. The van der Waals surface area contributed by atoms with Crippen molar-refractivity contribution >= 4 is 62.4 Å². The van der Waals surface area contributed by atoms with E-state index < -0.39 is 11.9 Å². The fourth-order valence-electron chi connectivity index (χ4n) is 2.14. The van der Waals surface area contributed by atoms with E-state index >= 15 is 0 Å². The summed E-state index contributed by atoms with van der Waals surface area (Å²) in [5, 5.41) is 10.9. The zero-order valence-corrected chi connectivity index (χ0v) is 18.0. The molecule has 0 spiro atoms. The number of hydrogen-bond donors (Lipinski definition) is 2. The summed E-state index contributed by atoms with van der Waals surface area (Å²) < 4.78 is 10.8. The molecule has 0 fully saturated rings.